The number of hydrogen-bond donors (Lipinski definition) is 0. The van der Waals surface area contributed by atoms with Crippen molar-refractivity contribution < 1.29 is 9.72 Å². The van der Waals surface area contributed by atoms with Gasteiger partial charge in [0.25, 0.3) is 11.6 Å². The Morgan fingerprint density at radius 2 is 1.69 bits per heavy atom. The van der Waals surface area contributed by atoms with Gasteiger partial charge in [-0.25, -0.2) is 4.98 Å². The number of amides is 1. The SMILES string of the molecule is Cc1cccc(Cn2c(CN3CCN(C(=O)c4ccc([N+](=O)[O-])cc4)CC3)nc3ccccc32)c1. The number of aryl methyl sites for hydroxylation is 1. The molecule has 0 atom stereocenters. The zero-order valence-corrected chi connectivity index (χ0v) is 19.6. The van der Waals surface area contributed by atoms with Gasteiger partial charge in [-0.05, 0) is 36.8 Å². The van der Waals surface area contributed by atoms with E-state index in [1.807, 2.05) is 23.1 Å². The summed E-state index contributed by atoms with van der Waals surface area (Å²) < 4.78 is 2.29. The topological polar surface area (TPSA) is 84.5 Å². The summed E-state index contributed by atoms with van der Waals surface area (Å²) in [5.41, 5.74) is 5.05. The Balaban J connectivity index is 1.28. The first-order valence-electron chi connectivity index (χ1n) is 11.7. The van der Waals surface area contributed by atoms with Gasteiger partial charge in [-0.2, -0.15) is 0 Å². The van der Waals surface area contributed by atoms with Crippen molar-refractivity contribution in [3.8, 4) is 0 Å². The van der Waals surface area contributed by atoms with Gasteiger partial charge in [-0.3, -0.25) is 19.8 Å². The van der Waals surface area contributed by atoms with Gasteiger partial charge in [0.1, 0.15) is 5.82 Å². The molecule has 178 valence electrons. The second-order valence-electron chi connectivity index (χ2n) is 8.96. The Kier molecular flexibility index (Phi) is 6.29. The number of imidazole rings is 1. The van der Waals surface area contributed by atoms with E-state index in [0.717, 1.165) is 36.5 Å². The fourth-order valence-corrected chi connectivity index (χ4v) is 4.63. The van der Waals surface area contributed by atoms with Crippen LogP contribution in [0.4, 0.5) is 5.69 Å². The van der Waals surface area contributed by atoms with Crippen LogP contribution in [0.15, 0.2) is 72.8 Å². The molecule has 3 aromatic carbocycles. The van der Waals surface area contributed by atoms with Crippen molar-refractivity contribution in [1.29, 1.82) is 0 Å². The number of benzene rings is 3. The Labute approximate surface area is 203 Å². The molecule has 1 aliphatic rings. The molecule has 0 radical (unpaired) electrons. The van der Waals surface area contributed by atoms with Gasteiger partial charge in [0, 0.05) is 50.4 Å². The maximum absolute atomic E-state index is 12.9. The number of nitro groups is 1. The van der Waals surface area contributed by atoms with Crippen LogP contribution in [0.2, 0.25) is 0 Å². The largest absolute Gasteiger partial charge is 0.336 e. The van der Waals surface area contributed by atoms with E-state index in [2.05, 4.69) is 46.7 Å². The van der Waals surface area contributed by atoms with E-state index in [1.54, 1.807) is 0 Å². The number of nitro benzene ring substituents is 1. The predicted molar refractivity (Wildman–Crippen MR) is 134 cm³/mol. The minimum atomic E-state index is -0.459. The third kappa shape index (κ3) is 4.93. The van der Waals surface area contributed by atoms with E-state index in [1.165, 1.54) is 35.4 Å². The average Bonchev–Trinajstić information content (AvgIpc) is 3.21. The van der Waals surface area contributed by atoms with Crippen molar-refractivity contribution in [3.63, 3.8) is 0 Å². The third-order valence-electron chi connectivity index (χ3n) is 6.51. The van der Waals surface area contributed by atoms with Crippen molar-refractivity contribution in [2.24, 2.45) is 0 Å². The molecular formula is C27H27N5O3. The van der Waals surface area contributed by atoms with Crippen LogP contribution in [-0.4, -0.2) is 56.4 Å². The molecule has 8 heteroatoms. The Morgan fingerprint density at radius 3 is 2.40 bits per heavy atom. The summed E-state index contributed by atoms with van der Waals surface area (Å²) >= 11 is 0. The number of hydrogen-bond acceptors (Lipinski definition) is 5. The van der Waals surface area contributed by atoms with E-state index < -0.39 is 4.92 Å². The smallest absolute Gasteiger partial charge is 0.269 e. The molecule has 2 heterocycles. The molecule has 1 fully saturated rings. The molecule has 0 unspecified atom stereocenters. The minimum absolute atomic E-state index is 0.0140. The lowest BCUT2D eigenvalue weighted by Crippen LogP contribution is -2.48. The maximum atomic E-state index is 12.9. The quantitative estimate of drug-likeness (QED) is 0.311. The summed E-state index contributed by atoms with van der Waals surface area (Å²) in [4.78, 5) is 32.4. The third-order valence-corrected chi connectivity index (χ3v) is 6.51. The lowest BCUT2D eigenvalue weighted by atomic mass is 10.1. The number of para-hydroxylation sites is 2. The van der Waals surface area contributed by atoms with Crippen LogP contribution in [-0.2, 0) is 13.1 Å². The van der Waals surface area contributed by atoms with Crippen molar-refractivity contribution in [1.82, 2.24) is 19.4 Å². The van der Waals surface area contributed by atoms with E-state index in [9.17, 15) is 14.9 Å². The standard InChI is InChI=1S/C27H27N5O3/c1-20-5-4-6-21(17-20)18-31-25-8-3-2-7-24(25)28-26(31)19-29-13-15-30(16-14-29)27(33)22-9-11-23(12-10-22)32(34)35/h2-12,17H,13-16,18-19H2,1H3. The monoisotopic (exact) mass is 469 g/mol. The molecule has 1 saturated heterocycles. The van der Waals surface area contributed by atoms with E-state index in [4.69, 9.17) is 4.98 Å². The Bertz CT molecular complexity index is 1370. The van der Waals surface area contributed by atoms with Gasteiger partial charge in [-0.1, -0.05) is 42.0 Å². The van der Waals surface area contributed by atoms with Gasteiger partial charge < -0.3 is 9.47 Å². The van der Waals surface area contributed by atoms with Crippen LogP contribution < -0.4 is 0 Å². The molecule has 4 aromatic rings. The predicted octanol–water partition coefficient (Wildman–Crippen LogP) is 4.26. The highest BCUT2D eigenvalue weighted by atomic mass is 16.6. The lowest BCUT2D eigenvalue weighted by Gasteiger charge is -2.34. The molecule has 0 N–H and O–H groups in total. The van der Waals surface area contributed by atoms with Gasteiger partial charge >= 0.3 is 0 Å². The molecule has 1 amide bonds. The van der Waals surface area contributed by atoms with Crippen molar-refractivity contribution in [2.45, 2.75) is 20.0 Å². The summed E-state index contributed by atoms with van der Waals surface area (Å²) in [6.45, 7) is 6.27. The molecule has 1 aromatic heterocycles. The number of fused-ring (bicyclic) bond motifs is 1. The fourth-order valence-electron chi connectivity index (χ4n) is 4.63. The molecule has 35 heavy (non-hydrogen) atoms. The van der Waals surface area contributed by atoms with Crippen molar-refractivity contribution in [2.75, 3.05) is 26.2 Å². The Morgan fingerprint density at radius 1 is 0.943 bits per heavy atom. The van der Waals surface area contributed by atoms with Crippen LogP contribution in [0.1, 0.15) is 27.3 Å². The second kappa shape index (κ2) is 9.68. The highest BCUT2D eigenvalue weighted by Gasteiger charge is 2.24. The summed E-state index contributed by atoms with van der Waals surface area (Å²) in [5.74, 6) is 0.925. The molecule has 0 saturated carbocycles. The highest BCUT2D eigenvalue weighted by molar-refractivity contribution is 5.94. The molecule has 0 aliphatic carbocycles. The molecule has 1 aliphatic heterocycles. The molecule has 5 rings (SSSR count). The number of nitrogens with zero attached hydrogens (tertiary/aromatic N) is 5. The van der Waals surface area contributed by atoms with Gasteiger partial charge in [-0.15, -0.1) is 0 Å². The second-order valence-corrected chi connectivity index (χ2v) is 8.96. The number of carbonyl (C=O) groups is 1. The summed E-state index contributed by atoms with van der Waals surface area (Å²) in [6.07, 6.45) is 0. The molecule has 0 spiro atoms. The van der Waals surface area contributed by atoms with Crippen LogP contribution in [0.3, 0.4) is 0 Å². The number of piperazine rings is 1. The normalized spacial score (nSPS) is 14.4. The first-order valence-corrected chi connectivity index (χ1v) is 11.7. The zero-order valence-electron chi connectivity index (χ0n) is 19.6. The van der Waals surface area contributed by atoms with Gasteiger partial charge in [0.15, 0.2) is 0 Å². The zero-order chi connectivity index (χ0) is 24.4. The maximum Gasteiger partial charge on any atom is 0.269 e. The van der Waals surface area contributed by atoms with E-state index in [0.29, 0.717) is 25.2 Å². The Hall–Kier alpha value is -4.04. The summed E-state index contributed by atoms with van der Waals surface area (Å²) in [5, 5.41) is 10.9. The van der Waals surface area contributed by atoms with Crippen molar-refractivity contribution in [3.05, 3.63) is 105 Å². The molecule has 0 bridgehead atoms. The fraction of sp³-hybridized carbons (Fsp3) is 0.259. The van der Waals surface area contributed by atoms with Gasteiger partial charge in [0.05, 0.1) is 22.5 Å². The van der Waals surface area contributed by atoms with Crippen molar-refractivity contribution >= 4 is 22.6 Å². The number of aromatic nitrogens is 2. The van der Waals surface area contributed by atoms with Crippen LogP contribution >= 0.6 is 0 Å². The first kappa shape index (κ1) is 22.7. The van der Waals surface area contributed by atoms with Crippen LogP contribution in [0, 0.1) is 17.0 Å². The molecular weight excluding hydrogens is 442 g/mol. The number of rotatable bonds is 6. The molecule has 8 nitrogen and oxygen atoms in total. The minimum Gasteiger partial charge on any atom is -0.336 e. The lowest BCUT2D eigenvalue weighted by molar-refractivity contribution is -0.384. The van der Waals surface area contributed by atoms with Crippen LogP contribution in [0.25, 0.3) is 11.0 Å². The van der Waals surface area contributed by atoms with E-state index >= 15 is 0 Å². The number of carbonyl (C=O) groups excluding carboxylic acids is 1. The summed E-state index contributed by atoms with van der Waals surface area (Å²) in [7, 11) is 0. The number of non-ortho nitro benzene ring substituents is 1. The first-order chi connectivity index (χ1) is 17.0. The van der Waals surface area contributed by atoms with E-state index in [-0.39, 0.29) is 11.6 Å². The van der Waals surface area contributed by atoms with Gasteiger partial charge in [0.2, 0.25) is 0 Å². The average molecular weight is 470 g/mol. The van der Waals surface area contributed by atoms with Crippen LogP contribution in [0.5, 0.6) is 0 Å². The highest BCUT2D eigenvalue weighted by Crippen LogP contribution is 2.21. The summed E-state index contributed by atoms with van der Waals surface area (Å²) in [6, 6.07) is 22.6.